The van der Waals surface area contributed by atoms with Crippen molar-refractivity contribution in [3.63, 3.8) is 0 Å². The van der Waals surface area contributed by atoms with E-state index in [-0.39, 0.29) is 5.92 Å². The Balaban J connectivity index is 1.09. The van der Waals surface area contributed by atoms with Crippen LogP contribution in [0.5, 0.6) is 0 Å². The molecule has 0 amide bonds. The minimum Gasteiger partial charge on any atom is -0.322 e. The third-order valence-electron chi connectivity index (χ3n) is 13.8. The SMILES string of the molecule is C#CC1/C=C(c2ccccc2)\C=C(\c2ccccc2)CN(c2cccc(-c3ccccc3)n2)c2ccc(-c3ccc4c(c3)c3cc(-c5ccccc5)cc(C5=CCC=CC=C5)c3n4-c3ccccc3)cc21. The van der Waals surface area contributed by atoms with E-state index in [2.05, 4.69) is 270 Å². The molecule has 12 rings (SSSR count). The van der Waals surface area contributed by atoms with Crippen LogP contribution in [0.3, 0.4) is 0 Å². The summed E-state index contributed by atoms with van der Waals surface area (Å²) in [6.45, 7) is 0.557. The van der Waals surface area contributed by atoms with Gasteiger partial charge in [-0.3, -0.25) is 0 Å². The Labute approximate surface area is 416 Å². The van der Waals surface area contributed by atoms with Gasteiger partial charge < -0.3 is 9.47 Å². The van der Waals surface area contributed by atoms with Crippen molar-refractivity contribution in [3.8, 4) is 51.5 Å². The number of benzene rings is 8. The van der Waals surface area contributed by atoms with Crippen LogP contribution in [0.2, 0.25) is 0 Å². The highest BCUT2D eigenvalue weighted by Gasteiger charge is 2.26. The van der Waals surface area contributed by atoms with Gasteiger partial charge in [0, 0.05) is 33.3 Å². The highest BCUT2D eigenvalue weighted by Crippen LogP contribution is 2.44. The first-order chi connectivity index (χ1) is 35.2. The molecule has 0 saturated carbocycles. The molecule has 3 heterocycles. The molecule has 1 aliphatic heterocycles. The summed E-state index contributed by atoms with van der Waals surface area (Å²) in [7, 11) is 0. The second-order valence-corrected chi connectivity index (χ2v) is 18.1. The second-order valence-electron chi connectivity index (χ2n) is 18.1. The number of para-hydroxylation sites is 1. The highest BCUT2D eigenvalue weighted by atomic mass is 15.2. The number of pyridine rings is 1. The first-order valence-electron chi connectivity index (χ1n) is 24.4. The van der Waals surface area contributed by atoms with Crippen LogP contribution in [0.15, 0.2) is 261 Å². The summed E-state index contributed by atoms with van der Waals surface area (Å²) in [6, 6.07) is 78.1. The highest BCUT2D eigenvalue weighted by molar-refractivity contribution is 6.15. The number of anilines is 2. The van der Waals surface area contributed by atoms with E-state index in [1.54, 1.807) is 0 Å². The third-order valence-corrected chi connectivity index (χ3v) is 13.8. The molecule has 1 aliphatic carbocycles. The van der Waals surface area contributed by atoms with Gasteiger partial charge in [-0.2, -0.15) is 0 Å². The van der Waals surface area contributed by atoms with Crippen LogP contribution < -0.4 is 4.90 Å². The lowest BCUT2D eigenvalue weighted by atomic mass is 9.90. The van der Waals surface area contributed by atoms with Gasteiger partial charge in [-0.25, -0.2) is 4.98 Å². The number of nitrogens with zero attached hydrogens (tertiary/aromatic N) is 3. The minimum absolute atomic E-state index is 0.374. The van der Waals surface area contributed by atoms with E-state index in [9.17, 15) is 0 Å². The van der Waals surface area contributed by atoms with Crippen LogP contribution in [0, 0.1) is 12.3 Å². The van der Waals surface area contributed by atoms with Crippen LogP contribution >= 0.6 is 0 Å². The summed E-state index contributed by atoms with van der Waals surface area (Å²) < 4.78 is 2.45. The van der Waals surface area contributed by atoms with E-state index >= 15 is 0 Å². The van der Waals surface area contributed by atoms with Crippen molar-refractivity contribution >= 4 is 50.0 Å². The summed E-state index contributed by atoms with van der Waals surface area (Å²) in [5.41, 5.74) is 18.9. The van der Waals surface area contributed by atoms with Crippen molar-refractivity contribution in [1.82, 2.24) is 9.55 Å². The van der Waals surface area contributed by atoms with Gasteiger partial charge in [-0.1, -0.05) is 200 Å². The van der Waals surface area contributed by atoms with Gasteiger partial charge in [-0.15, -0.1) is 6.42 Å². The van der Waals surface area contributed by atoms with E-state index in [0.717, 1.165) is 79.4 Å². The average molecular weight is 908 g/mol. The summed E-state index contributed by atoms with van der Waals surface area (Å²) in [5, 5.41) is 2.38. The van der Waals surface area contributed by atoms with Crippen molar-refractivity contribution in [2.24, 2.45) is 0 Å². The van der Waals surface area contributed by atoms with Gasteiger partial charge in [0.25, 0.3) is 0 Å². The molecule has 0 radical (unpaired) electrons. The quantitative estimate of drug-likeness (QED) is 0.142. The molecular formula is C68H49N3. The van der Waals surface area contributed by atoms with Gasteiger partial charge in [-0.05, 0) is 129 Å². The summed E-state index contributed by atoms with van der Waals surface area (Å²) in [5.74, 6) is 3.74. The van der Waals surface area contributed by atoms with Crippen LogP contribution in [0.4, 0.5) is 11.5 Å². The third kappa shape index (κ3) is 8.43. The normalized spacial score (nSPS) is 16.1. The van der Waals surface area contributed by atoms with Gasteiger partial charge in [0.05, 0.1) is 29.2 Å². The van der Waals surface area contributed by atoms with Crippen LogP contribution in [0.25, 0.3) is 77.7 Å². The lowest BCUT2D eigenvalue weighted by molar-refractivity contribution is 1.02. The first-order valence-corrected chi connectivity index (χ1v) is 24.4. The number of hydrogen-bond acceptors (Lipinski definition) is 2. The number of terminal acetylenes is 1. The lowest BCUT2D eigenvalue weighted by Crippen LogP contribution is -2.22. The number of allylic oxidation sites excluding steroid dienone is 9. The molecule has 0 saturated heterocycles. The molecule has 1 atom stereocenters. The fourth-order valence-electron chi connectivity index (χ4n) is 10.3. The van der Waals surface area contributed by atoms with Crippen molar-refractivity contribution in [3.05, 3.63) is 283 Å². The van der Waals surface area contributed by atoms with Gasteiger partial charge >= 0.3 is 0 Å². The Bertz CT molecular complexity index is 3790. The fourth-order valence-corrected chi connectivity index (χ4v) is 10.3. The molecule has 71 heavy (non-hydrogen) atoms. The van der Waals surface area contributed by atoms with E-state index in [4.69, 9.17) is 11.4 Å². The van der Waals surface area contributed by atoms with Gasteiger partial charge in [0.15, 0.2) is 0 Å². The number of rotatable bonds is 8. The lowest BCUT2D eigenvalue weighted by Gasteiger charge is -2.29. The topological polar surface area (TPSA) is 21.1 Å². The zero-order chi connectivity index (χ0) is 47.5. The van der Waals surface area contributed by atoms with E-state index in [1.165, 1.54) is 38.6 Å². The molecule has 0 N–H and O–H groups in total. The summed E-state index contributed by atoms with van der Waals surface area (Å²) >= 11 is 0. The molecule has 1 unspecified atom stereocenters. The molecule has 10 aromatic rings. The molecule has 0 bridgehead atoms. The Morgan fingerprint density at radius 1 is 0.521 bits per heavy atom. The first kappa shape index (κ1) is 43.1. The second kappa shape index (κ2) is 19.0. The molecule has 3 nitrogen and oxygen atoms in total. The minimum atomic E-state index is -0.374. The van der Waals surface area contributed by atoms with Crippen molar-refractivity contribution in [2.75, 3.05) is 11.4 Å². The molecule has 336 valence electrons. The van der Waals surface area contributed by atoms with Crippen molar-refractivity contribution < 1.29 is 0 Å². The maximum Gasteiger partial charge on any atom is 0.133 e. The largest absolute Gasteiger partial charge is 0.322 e. The Kier molecular flexibility index (Phi) is 11.6. The Hall–Kier alpha value is -9.23. The maximum absolute atomic E-state index is 6.73. The molecule has 2 aromatic heterocycles. The standard InChI is InChI=1S/C68H49N3/c1-2-48-41-56(49-23-12-5-13-24-49)42-58(51-27-16-7-17-28-51)47-70(67-36-22-35-64(69-67)53-31-18-8-19-32-53)65-39-37-54(43-60(48)65)55-38-40-66-62(44-55)63-46-57(50-25-14-6-15-26-50)45-61(52-29-10-3-4-11-30-52)68(63)71(66)59-33-20-9-21-34-59/h1,3-10,12-46,48H,11,47H2/b56-41+,58-42+. The predicted molar refractivity (Wildman–Crippen MR) is 300 cm³/mol. The van der Waals surface area contributed by atoms with Gasteiger partial charge in [0.1, 0.15) is 5.82 Å². The molecule has 3 heteroatoms. The molecular weight excluding hydrogens is 859 g/mol. The number of fused-ring (bicyclic) bond motifs is 4. The average Bonchev–Trinajstić information content (AvgIpc) is 3.56. The fraction of sp³-hybridized carbons (Fsp3) is 0.0441. The monoisotopic (exact) mass is 907 g/mol. The maximum atomic E-state index is 6.73. The Morgan fingerprint density at radius 2 is 1.17 bits per heavy atom. The molecule has 2 aliphatic rings. The number of hydrogen-bond donors (Lipinski definition) is 0. The molecule has 0 spiro atoms. The zero-order valence-corrected chi connectivity index (χ0v) is 39.2. The summed E-state index contributed by atoms with van der Waals surface area (Å²) in [6.07, 6.45) is 23.3. The predicted octanol–water partition coefficient (Wildman–Crippen LogP) is 17.1. The van der Waals surface area contributed by atoms with Gasteiger partial charge in [0.2, 0.25) is 0 Å². The molecule has 0 fully saturated rings. The van der Waals surface area contributed by atoms with Crippen molar-refractivity contribution in [1.29, 1.82) is 0 Å². The number of aromatic nitrogens is 2. The van der Waals surface area contributed by atoms with Crippen LogP contribution in [0.1, 0.15) is 34.6 Å². The zero-order valence-electron chi connectivity index (χ0n) is 39.2. The van der Waals surface area contributed by atoms with Crippen molar-refractivity contribution in [2.45, 2.75) is 12.3 Å². The van der Waals surface area contributed by atoms with E-state index in [0.29, 0.717) is 6.54 Å². The van der Waals surface area contributed by atoms with Crippen LogP contribution in [-0.4, -0.2) is 16.1 Å². The van der Waals surface area contributed by atoms with E-state index in [1.807, 2.05) is 6.07 Å². The Morgan fingerprint density at radius 3 is 1.90 bits per heavy atom. The molecule has 8 aromatic carbocycles. The summed E-state index contributed by atoms with van der Waals surface area (Å²) in [4.78, 5) is 7.74. The smallest absolute Gasteiger partial charge is 0.133 e. The van der Waals surface area contributed by atoms with Crippen LogP contribution in [-0.2, 0) is 0 Å². The van der Waals surface area contributed by atoms with E-state index < -0.39 is 0 Å².